The molecule has 1 aliphatic rings. The van der Waals surface area contributed by atoms with Gasteiger partial charge in [-0.1, -0.05) is 18.2 Å². The summed E-state index contributed by atoms with van der Waals surface area (Å²) in [4.78, 5) is 23.4. The van der Waals surface area contributed by atoms with Gasteiger partial charge in [-0.25, -0.2) is 14.4 Å². The van der Waals surface area contributed by atoms with Crippen molar-refractivity contribution in [2.45, 2.75) is 6.04 Å². The minimum absolute atomic E-state index is 0.140. The maximum absolute atomic E-state index is 13.8. The van der Waals surface area contributed by atoms with E-state index in [-0.39, 0.29) is 17.8 Å². The van der Waals surface area contributed by atoms with Crippen LogP contribution in [0.4, 0.5) is 15.3 Å². The molecule has 0 radical (unpaired) electrons. The van der Waals surface area contributed by atoms with E-state index in [0.717, 1.165) is 18.7 Å². The molecule has 1 saturated heterocycles. The van der Waals surface area contributed by atoms with Crippen LogP contribution < -0.4 is 10.6 Å². The van der Waals surface area contributed by atoms with E-state index in [1.165, 1.54) is 23.5 Å². The van der Waals surface area contributed by atoms with Crippen LogP contribution in [0.1, 0.15) is 22.1 Å². The van der Waals surface area contributed by atoms with E-state index < -0.39 is 0 Å². The van der Waals surface area contributed by atoms with Gasteiger partial charge in [0, 0.05) is 31.2 Å². The minimum atomic E-state index is -0.290. The van der Waals surface area contributed by atoms with Gasteiger partial charge in [-0.2, -0.15) is 0 Å². The normalized spacial score (nSPS) is 15.5. The number of carbonyl (C=O) groups excluding carboxylic acids is 1. The molecule has 1 aliphatic heterocycles. The molecule has 2 N–H and O–H groups in total. The number of rotatable bonds is 7. The van der Waals surface area contributed by atoms with Gasteiger partial charge < -0.3 is 15.4 Å². The van der Waals surface area contributed by atoms with Gasteiger partial charge >= 0.3 is 0 Å². The number of nitrogens with zero attached hydrogens (tertiary/aromatic N) is 3. The lowest BCUT2D eigenvalue weighted by atomic mass is 10.0. The van der Waals surface area contributed by atoms with Crippen LogP contribution in [0.5, 0.6) is 0 Å². The first-order valence-corrected chi connectivity index (χ1v) is 10.6. The van der Waals surface area contributed by atoms with Crippen molar-refractivity contribution in [2.24, 2.45) is 0 Å². The molecule has 4 rings (SSSR count). The van der Waals surface area contributed by atoms with Crippen molar-refractivity contribution in [1.29, 1.82) is 0 Å². The zero-order valence-corrected chi connectivity index (χ0v) is 17.1. The van der Waals surface area contributed by atoms with E-state index in [0.29, 0.717) is 36.4 Å². The lowest BCUT2D eigenvalue weighted by Gasteiger charge is -2.34. The SMILES string of the molecule is O=C(NCC(c1cccc(F)c1)N1CCOCC1)c1csc(Nc2ccccn2)n1. The topological polar surface area (TPSA) is 79.4 Å². The van der Waals surface area contributed by atoms with Gasteiger partial charge in [0.25, 0.3) is 5.91 Å². The average Bonchev–Trinajstić information content (AvgIpc) is 3.24. The molecule has 7 nitrogen and oxygen atoms in total. The van der Waals surface area contributed by atoms with E-state index in [2.05, 4.69) is 25.5 Å². The fraction of sp³-hybridized carbons (Fsp3) is 0.286. The summed E-state index contributed by atoms with van der Waals surface area (Å²) in [6, 6.07) is 11.9. The number of halogens is 1. The molecule has 9 heteroatoms. The number of hydrogen-bond donors (Lipinski definition) is 2. The van der Waals surface area contributed by atoms with Crippen molar-refractivity contribution in [3.63, 3.8) is 0 Å². The van der Waals surface area contributed by atoms with Gasteiger partial charge in [-0.3, -0.25) is 9.69 Å². The molecule has 0 spiro atoms. The van der Waals surface area contributed by atoms with Gasteiger partial charge in [-0.15, -0.1) is 11.3 Å². The van der Waals surface area contributed by atoms with E-state index in [9.17, 15) is 9.18 Å². The van der Waals surface area contributed by atoms with Crippen molar-refractivity contribution in [3.05, 3.63) is 71.1 Å². The first kappa shape index (κ1) is 20.4. The highest BCUT2D eigenvalue weighted by Gasteiger charge is 2.24. The van der Waals surface area contributed by atoms with E-state index in [4.69, 9.17) is 4.74 Å². The number of amides is 1. The van der Waals surface area contributed by atoms with Crippen molar-refractivity contribution in [3.8, 4) is 0 Å². The molecule has 1 amide bonds. The number of benzene rings is 1. The number of aromatic nitrogens is 2. The highest BCUT2D eigenvalue weighted by Crippen LogP contribution is 2.23. The Hall–Kier alpha value is -2.88. The highest BCUT2D eigenvalue weighted by atomic mass is 32.1. The Morgan fingerprint density at radius 1 is 1.23 bits per heavy atom. The zero-order chi connectivity index (χ0) is 20.8. The van der Waals surface area contributed by atoms with Crippen molar-refractivity contribution in [1.82, 2.24) is 20.2 Å². The molecule has 1 fully saturated rings. The first-order valence-electron chi connectivity index (χ1n) is 9.68. The Balaban J connectivity index is 1.42. The van der Waals surface area contributed by atoms with Crippen LogP contribution in [0.2, 0.25) is 0 Å². The Bertz CT molecular complexity index is 978. The van der Waals surface area contributed by atoms with Crippen LogP contribution in [0.3, 0.4) is 0 Å². The van der Waals surface area contributed by atoms with E-state index in [1.54, 1.807) is 17.6 Å². The molecule has 1 atom stereocenters. The summed E-state index contributed by atoms with van der Waals surface area (Å²) in [5, 5.41) is 8.32. The lowest BCUT2D eigenvalue weighted by molar-refractivity contribution is 0.0161. The van der Waals surface area contributed by atoms with E-state index in [1.807, 2.05) is 24.3 Å². The summed E-state index contributed by atoms with van der Waals surface area (Å²) in [6.45, 7) is 3.05. The largest absolute Gasteiger partial charge is 0.379 e. The number of hydrogen-bond acceptors (Lipinski definition) is 7. The monoisotopic (exact) mass is 427 g/mol. The molecule has 156 valence electrons. The molecule has 2 aromatic heterocycles. The Morgan fingerprint density at radius 3 is 2.87 bits per heavy atom. The maximum atomic E-state index is 13.8. The molecular formula is C21H22FN5O2S. The molecule has 0 bridgehead atoms. The van der Waals surface area contributed by atoms with Crippen LogP contribution in [-0.2, 0) is 4.74 Å². The quantitative estimate of drug-likeness (QED) is 0.603. The fourth-order valence-electron chi connectivity index (χ4n) is 3.32. The minimum Gasteiger partial charge on any atom is -0.379 e. The molecule has 0 aliphatic carbocycles. The second-order valence-electron chi connectivity index (χ2n) is 6.81. The fourth-order valence-corrected chi connectivity index (χ4v) is 4.02. The molecule has 1 aromatic carbocycles. The number of pyridine rings is 1. The van der Waals surface area contributed by atoms with Crippen molar-refractivity contribution < 1.29 is 13.9 Å². The van der Waals surface area contributed by atoms with Crippen LogP contribution in [0, 0.1) is 5.82 Å². The number of morpholine rings is 1. The number of nitrogens with one attached hydrogen (secondary N) is 2. The lowest BCUT2D eigenvalue weighted by Crippen LogP contribution is -2.43. The summed E-state index contributed by atoms with van der Waals surface area (Å²) in [5.74, 6) is 0.106. The molecule has 30 heavy (non-hydrogen) atoms. The molecular weight excluding hydrogens is 405 g/mol. The van der Waals surface area contributed by atoms with Crippen LogP contribution in [0.15, 0.2) is 54.0 Å². The standard InChI is InChI=1S/C21H22FN5O2S/c22-16-5-3-4-15(12-16)18(27-8-10-29-11-9-27)13-24-20(28)17-14-30-21(25-17)26-19-6-1-2-7-23-19/h1-7,12,14,18H,8-11,13H2,(H,24,28)(H,23,25,26). The number of thiazole rings is 1. The van der Waals surface area contributed by atoms with Gasteiger partial charge in [0.05, 0.1) is 19.3 Å². The Kier molecular flexibility index (Phi) is 6.63. The molecule has 0 saturated carbocycles. The predicted molar refractivity (Wildman–Crippen MR) is 113 cm³/mol. The van der Waals surface area contributed by atoms with Crippen molar-refractivity contribution in [2.75, 3.05) is 38.2 Å². The predicted octanol–water partition coefficient (Wildman–Crippen LogP) is 3.22. The highest BCUT2D eigenvalue weighted by molar-refractivity contribution is 7.14. The Morgan fingerprint density at radius 2 is 2.10 bits per heavy atom. The second-order valence-corrected chi connectivity index (χ2v) is 7.67. The second kappa shape index (κ2) is 9.75. The smallest absolute Gasteiger partial charge is 0.270 e. The summed E-state index contributed by atoms with van der Waals surface area (Å²) in [6.07, 6.45) is 1.68. The van der Waals surface area contributed by atoms with Gasteiger partial charge in [-0.05, 0) is 29.8 Å². The molecule has 3 aromatic rings. The Labute approximate surface area is 177 Å². The van der Waals surface area contributed by atoms with Crippen LogP contribution in [-0.4, -0.2) is 53.6 Å². The first-order chi connectivity index (χ1) is 14.7. The van der Waals surface area contributed by atoms with Gasteiger partial charge in [0.15, 0.2) is 5.13 Å². The third kappa shape index (κ3) is 5.18. The maximum Gasteiger partial charge on any atom is 0.270 e. The third-order valence-corrected chi connectivity index (χ3v) is 5.57. The summed E-state index contributed by atoms with van der Waals surface area (Å²) < 4.78 is 19.2. The van der Waals surface area contributed by atoms with Crippen LogP contribution >= 0.6 is 11.3 Å². The number of ether oxygens (including phenoxy) is 1. The zero-order valence-electron chi connectivity index (χ0n) is 16.3. The summed E-state index contributed by atoms with van der Waals surface area (Å²) >= 11 is 1.33. The number of carbonyl (C=O) groups is 1. The summed E-state index contributed by atoms with van der Waals surface area (Å²) in [7, 11) is 0. The average molecular weight is 428 g/mol. The van der Waals surface area contributed by atoms with Gasteiger partial charge in [0.2, 0.25) is 0 Å². The van der Waals surface area contributed by atoms with Crippen LogP contribution in [0.25, 0.3) is 0 Å². The third-order valence-electron chi connectivity index (χ3n) is 4.81. The number of anilines is 2. The van der Waals surface area contributed by atoms with E-state index >= 15 is 0 Å². The van der Waals surface area contributed by atoms with Gasteiger partial charge in [0.1, 0.15) is 17.3 Å². The molecule has 1 unspecified atom stereocenters. The molecule has 3 heterocycles. The summed E-state index contributed by atoms with van der Waals surface area (Å²) in [5.41, 5.74) is 1.16. The van der Waals surface area contributed by atoms with Crippen molar-refractivity contribution >= 4 is 28.2 Å².